The van der Waals surface area contributed by atoms with Gasteiger partial charge in [-0.05, 0) is 51.3 Å². The topological polar surface area (TPSA) is 54.0 Å². The molecular formula is C19H28O5. The molecule has 5 heteroatoms. The number of hydrogen-bond acceptors (Lipinski definition) is 5. The second kappa shape index (κ2) is 9.33. The lowest BCUT2D eigenvalue weighted by molar-refractivity contribution is -0.151. The highest BCUT2D eigenvalue weighted by Gasteiger charge is 2.22. The molecule has 0 aliphatic heterocycles. The Labute approximate surface area is 144 Å². The van der Waals surface area contributed by atoms with Gasteiger partial charge in [0.1, 0.15) is 6.61 Å². The van der Waals surface area contributed by atoms with Gasteiger partial charge in [0, 0.05) is 7.11 Å². The summed E-state index contributed by atoms with van der Waals surface area (Å²) >= 11 is 0. The van der Waals surface area contributed by atoms with Crippen LogP contribution in [0.15, 0.2) is 24.3 Å². The van der Waals surface area contributed by atoms with E-state index >= 15 is 0 Å². The SMILES string of the molecule is COCOc1cc(C/C=C/COC(=O)C(C)(C)C)cc(C)c1OC. The Morgan fingerprint density at radius 2 is 1.88 bits per heavy atom. The molecule has 134 valence electrons. The molecule has 0 bridgehead atoms. The van der Waals surface area contributed by atoms with Crippen molar-refractivity contribution in [1.29, 1.82) is 0 Å². The third kappa shape index (κ3) is 6.24. The lowest BCUT2D eigenvalue weighted by Gasteiger charge is -2.15. The van der Waals surface area contributed by atoms with Crippen LogP contribution in [0.2, 0.25) is 0 Å². The van der Waals surface area contributed by atoms with E-state index in [1.807, 2.05) is 52.0 Å². The number of esters is 1. The van der Waals surface area contributed by atoms with Crippen LogP contribution in [-0.2, 0) is 20.7 Å². The van der Waals surface area contributed by atoms with Crippen LogP contribution in [0.25, 0.3) is 0 Å². The number of benzene rings is 1. The van der Waals surface area contributed by atoms with Gasteiger partial charge >= 0.3 is 5.97 Å². The van der Waals surface area contributed by atoms with Gasteiger partial charge in [-0.3, -0.25) is 4.79 Å². The monoisotopic (exact) mass is 336 g/mol. The lowest BCUT2D eigenvalue weighted by atomic mass is 9.97. The zero-order valence-corrected chi connectivity index (χ0v) is 15.5. The lowest BCUT2D eigenvalue weighted by Crippen LogP contribution is -2.22. The molecule has 1 aromatic carbocycles. The molecule has 5 nitrogen and oxygen atoms in total. The molecule has 0 aromatic heterocycles. The summed E-state index contributed by atoms with van der Waals surface area (Å²) < 4.78 is 21.1. The molecule has 0 N–H and O–H groups in total. The second-order valence-corrected chi connectivity index (χ2v) is 6.52. The van der Waals surface area contributed by atoms with E-state index in [0.29, 0.717) is 17.9 Å². The Kier molecular flexibility index (Phi) is 7.79. The van der Waals surface area contributed by atoms with Crippen molar-refractivity contribution < 1.29 is 23.7 Å². The van der Waals surface area contributed by atoms with Crippen molar-refractivity contribution in [2.24, 2.45) is 5.41 Å². The first-order chi connectivity index (χ1) is 11.3. The second-order valence-electron chi connectivity index (χ2n) is 6.52. The molecule has 0 atom stereocenters. The summed E-state index contributed by atoms with van der Waals surface area (Å²) in [4.78, 5) is 11.7. The minimum atomic E-state index is -0.478. The minimum Gasteiger partial charge on any atom is -0.493 e. The van der Waals surface area contributed by atoms with E-state index in [9.17, 15) is 4.79 Å². The van der Waals surface area contributed by atoms with Crippen LogP contribution in [0, 0.1) is 12.3 Å². The maximum atomic E-state index is 11.7. The fourth-order valence-corrected chi connectivity index (χ4v) is 2.05. The summed E-state index contributed by atoms with van der Waals surface area (Å²) in [6, 6.07) is 3.97. The number of carbonyl (C=O) groups excluding carboxylic acids is 1. The molecule has 0 spiro atoms. The Morgan fingerprint density at radius 1 is 1.17 bits per heavy atom. The van der Waals surface area contributed by atoms with Gasteiger partial charge < -0.3 is 18.9 Å². The first-order valence-corrected chi connectivity index (χ1v) is 7.91. The van der Waals surface area contributed by atoms with Crippen molar-refractivity contribution in [3.8, 4) is 11.5 Å². The highest BCUT2D eigenvalue weighted by Crippen LogP contribution is 2.32. The molecule has 0 aliphatic rings. The molecule has 24 heavy (non-hydrogen) atoms. The van der Waals surface area contributed by atoms with E-state index in [2.05, 4.69) is 0 Å². The number of rotatable bonds is 8. The number of allylic oxidation sites excluding steroid dienone is 1. The zero-order valence-electron chi connectivity index (χ0n) is 15.5. The van der Waals surface area contributed by atoms with E-state index in [-0.39, 0.29) is 19.4 Å². The van der Waals surface area contributed by atoms with Crippen LogP contribution in [0.5, 0.6) is 11.5 Å². The third-order valence-electron chi connectivity index (χ3n) is 3.28. The first-order valence-electron chi connectivity index (χ1n) is 7.91. The van der Waals surface area contributed by atoms with Gasteiger partial charge in [0.25, 0.3) is 0 Å². The van der Waals surface area contributed by atoms with E-state index < -0.39 is 5.41 Å². The van der Waals surface area contributed by atoms with Crippen molar-refractivity contribution in [3.63, 3.8) is 0 Å². The van der Waals surface area contributed by atoms with Gasteiger partial charge in [-0.25, -0.2) is 0 Å². The Morgan fingerprint density at radius 3 is 2.46 bits per heavy atom. The Bertz CT molecular complexity index is 570. The molecule has 1 aromatic rings. The predicted molar refractivity (Wildman–Crippen MR) is 93.5 cm³/mol. The van der Waals surface area contributed by atoms with Crippen LogP contribution < -0.4 is 9.47 Å². The highest BCUT2D eigenvalue weighted by molar-refractivity contribution is 5.75. The average Bonchev–Trinajstić information content (AvgIpc) is 2.51. The Balaban J connectivity index is 2.66. The quantitative estimate of drug-likeness (QED) is 0.412. The molecule has 0 fully saturated rings. The van der Waals surface area contributed by atoms with Gasteiger partial charge in [0.05, 0.1) is 12.5 Å². The van der Waals surface area contributed by atoms with Crippen LogP contribution in [0.1, 0.15) is 31.9 Å². The normalized spacial score (nSPS) is 11.6. The van der Waals surface area contributed by atoms with E-state index in [0.717, 1.165) is 11.1 Å². The van der Waals surface area contributed by atoms with Crippen molar-refractivity contribution in [2.75, 3.05) is 27.6 Å². The third-order valence-corrected chi connectivity index (χ3v) is 3.28. The fraction of sp³-hybridized carbons (Fsp3) is 0.526. The molecule has 0 saturated carbocycles. The van der Waals surface area contributed by atoms with Gasteiger partial charge in [-0.15, -0.1) is 0 Å². The largest absolute Gasteiger partial charge is 0.493 e. The standard InChI is InChI=1S/C19H28O5/c1-14-11-15(12-16(17(14)22-6)24-13-21-5)9-7-8-10-23-18(20)19(2,3)4/h7-8,11-12H,9-10,13H2,1-6H3/b8-7+. The number of methoxy groups -OCH3 is 2. The van der Waals surface area contributed by atoms with Gasteiger partial charge in [0.2, 0.25) is 0 Å². The van der Waals surface area contributed by atoms with Crippen LogP contribution in [0.3, 0.4) is 0 Å². The van der Waals surface area contributed by atoms with Crippen molar-refractivity contribution in [2.45, 2.75) is 34.1 Å². The fourth-order valence-electron chi connectivity index (χ4n) is 2.05. The number of ether oxygens (including phenoxy) is 4. The number of aryl methyl sites for hydroxylation is 1. The average molecular weight is 336 g/mol. The summed E-state index contributed by atoms with van der Waals surface area (Å²) in [6.07, 6.45) is 4.53. The van der Waals surface area contributed by atoms with Gasteiger partial charge in [-0.1, -0.05) is 18.2 Å². The summed E-state index contributed by atoms with van der Waals surface area (Å²) in [7, 11) is 3.19. The summed E-state index contributed by atoms with van der Waals surface area (Å²) in [5.41, 5.74) is 1.60. The highest BCUT2D eigenvalue weighted by atomic mass is 16.7. The molecule has 0 saturated heterocycles. The van der Waals surface area contributed by atoms with Crippen LogP contribution >= 0.6 is 0 Å². The Hall–Kier alpha value is -2.01. The molecular weight excluding hydrogens is 308 g/mol. The van der Waals surface area contributed by atoms with Gasteiger partial charge in [-0.2, -0.15) is 0 Å². The smallest absolute Gasteiger partial charge is 0.311 e. The van der Waals surface area contributed by atoms with E-state index in [1.165, 1.54) is 0 Å². The van der Waals surface area contributed by atoms with Crippen LogP contribution in [0.4, 0.5) is 0 Å². The van der Waals surface area contributed by atoms with Crippen molar-refractivity contribution >= 4 is 5.97 Å². The maximum Gasteiger partial charge on any atom is 0.311 e. The van der Waals surface area contributed by atoms with E-state index in [4.69, 9.17) is 18.9 Å². The summed E-state index contributed by atoms with van der Waals surface area (Å²) in [5.74, 6) is 1.16. The number of hydrogen-bond donors (Lipinski definition) is 0. The molecule has 0 radical (unpaired) electrons. The first kappa shape index (κ1) is 20.0. The summed E-state index contributed by atoms with van der Waals surface area (Å²) in [5, 5.41) is 0. The minimum absolute atomic E-state index is 0.165. The van der Waals surface area contributed by atoms with E-state index in [1.54, 1.807) is 14.2 Å². The zero-order chi connectivity index (χ0) is 18.2. The predicted octanol–water partition coefficient (Wildman–Crippen LogP) is 3.67. The molecule has 0 amide bonds. The van der Waals surface area contributed by atoms with Crippen molar-refractivity contribution in [1.82, 2.24) is 0 Å². The van der Waals surface area contributed by atoms with Crippen molar-refractivity contribution in [3.05, 3.63) is 35.4 Å². The molecule has 0 aliphatic carbocycles. The number of carbonyl (C=O) groups is 1. The summed E-state index contributed by atoms with van der Waals surface area (Å²) in [6.45, 7) is 7.91. The van der Waals surface area contributed by atoms with Crippen LogP contribution in [-0.4, -0.2) is 33.6 Å². The molecule has 0 heterocycles. The molecule has 1 rings (SSSR count). The van der Waals surface area contributed by atoms with Gasteiger partial charge in [0.15, 0.2) is 18.3 Å². The maximum absolute atomic E-state index is 11.7. The molecule has 0 unspecified atom stereocenters.